The van der Waals surface area contributed by atoms with Crippen molar-refractivity contribution in [2.45, 2.75) is 32.8 Å². The standard InChI is InChI=1S/C13H24N2O4/c1-13(2,3)19-10-11(16)15-6-4-5-14(7-8-15)9-12(17)18/h4-10H2,1-3H3,(H,17,18). The summed E-state index contributed by atoms with van der Waals surface area (Å²) >= 11 is 0. The number of ether oxygens (including phenoxy) is 1. The summed E-state index contributed by atoms with van der Waals surface area (Å²) in [5.74, 6) is -0.844. The number of hydrogen-bond donors (Lipinski definition) is 1. The minimum absolute atomic E-state index is 0.0212. The molecule has 0 atom stereocenters. The van der Waals surface area contributed by atoms with Gasteiger partial charge in [0.1, 0.15) is 6.61 Å². The van der Waals surface area contributed by atoms with Crippen molar-refractivity contribution in [3.05, 3.63) is 0 Å². The SMILES string of the molecule is CC(C)(C)OCC(=O)N1CCCN(CC(=O)O)CC1. The highest BCUT2D eigenvalue weighted by atomic mass is 16.5. The van der Waals surface area contributed by atoms with Crippen LogP contribution in [0.3, 0.4) is 0 Å². The fraction of sp³-hybridized carbons (Fsp3) is 0.846. The van der Waals surface area contributed by atoms with Gasteiger partial charge in [0.15, 0.2) is 0 Å². The Balaban J connectivity index is 2.39. The van der Waals surface area contributed by atoms with Crippen molar-refractivity contribution in [3.8, 4) is 0 Å². The summed E-state index contributed by atoms with van der Waals surface area (Å²) in [6, 6.07) is 0. The Morgan fingerprint density at radius 3 is 2.42 bits per heavy atom. The molecule has 1 N–H and O–H groups in total. The van der Waals surface area contributed by atoms with E-state index >= 15 is 0 Å². The van der Waals surface area contributed by atoms with Crippen LogP contribution in [-0.2, 0) is 14.3 Å². The van der Waals surface area contributed by atoms with Crippen LogP contribution in [0.1, 0.15) is 27.2 Å². The second kappa shape index (κ2) is 6.86. The zero-order chi connectivity index (χ0) is 14.5. The van der Waals surface area contributed by atoms with E-state index in [4.69, 9.17) is 9.84 Å². The lowest BCUT2D eigenvalue weighted by Gasteiger charge is -2.24. The number of aliphatic carboxylic acids is 1. The van der Waals surface area contributed by atoms with Crippen molar-refractivity contribution in [1.29, 1.82) is 0 Å². The number of carboxylic acids is 1. The van der Waals surface area contributed by atoms with Crippen molar-refractivity contribution in [2.75, 3.05) is 39.3 Å². The number of rotatable bonds is 4. The van der Waals surface area contributed by atoms with Gasteiger partial charge in [0, 0.05) is 26.2 Å². The molecule has 0 aromatic carbocycles. The van der Waals surface area contributed by atoms with Crippen LogP contribution in [0.2, 0.25) is 0 Å². The maximum atomic E-state index is 12.0. The second-order valence-corrected chi connectivity index (χ2v) is 5.81. The van der Waals surface area contributed by atoms with Gasteiger partial charge in [-0.15, -0.1) is 0 Å². The molecule has 0 saturated carbocycles. The third kappa shape index (κ3) is 6.54. The molecule has 1 aliphatic heterocycles. The lowest BCUT2D eigenvalue weighted by Crippen LogP contribution is -2.39. The smallest absolute Gasteiger partial charge is 0.317 e. The lowest BCUT2D eigenvalue weighted by molar-refractivity contribution is -0.140. The molecule has 0 spiro atoms. The van der Waals surface area contributed by atoms with Crippen LogP contribution >= 0.6 is 0 Å². The van der Waals surface area contributed by atoms with Gasteiger partial charge >= 0.3 is 5.97 Å². The maximum Gasteiger partial charge on any atom is 0.317 e. The molecule has 1 aliphatic rings. The summed E-state index contributed by atoms with van der Waals surface area (Å²) in [6.07, 6.45) is 0.800. The van der Waals surface area contributed by atoms with E-state index in [1.165, 1.54) is 0 Å². The highest BCUT2D eigenvalue weighted by Crippen LogP contribution is 2.08. The van der Waals surface area contributed by atoms with Crippen LogP contribution in [0.5, 0.6) is 0 Å². The lowest BCUT2D eigenvalue weighted by atomic mass is 10.2. The predicted molar refractivity (Wildman–Crippen MR) is 71.0 cm³/mol. The number of carboxylic acid groups (broad SMARTS) is 1. The van der Waals surface area contributed by atoms with Crippen LogP contribution in [0.15, 0.2) is 0 Å². The number of amides is 1. The van der Waals surface area contributed by atoms with E-state index in [2.05, 4.69) is 0 Å². The number of hydrogen-bond acceptors (Lipinski definition) is 4. The number of carbonyl (C=O) groups excluding carboxylic acids is 1. The molecule has 1 fully saturated rings. The molecular formula is C13H24N2O4. The number of nitrogens with zero attached hydrogens (tertiary/aromatic N) is 2. The molecule has 0 radical (unpaired) electrons. The largest absolute Gasteiger partial charge is 0.480 e. The third-order valence-electron chi connectivity index (χ3n) is 2.93. The minimum Gasteiger partial charge on any atom is -0.480 e. The van der Waals surface area contributed by atoms with Gasteiger partial charge in [0.2, 0.25) is 5.91 Å². The molecule has 1 saturated heterocycles. The first-order valence-electron chi connectivity index (χ1n) is 6.64. The molecule has 1 rings (SSSR count). The Morgan fingerprint density at radius 1 is 1.16 bits per heavy atom. The van der Waals surface area contributed by atoms with Crippen molar-refractivity contribution >= 4 is 11.9 Å². The minimum atomic E-state index is -0.823. The van der Waals surface area contributed by atoms with E-state index in [9.17, 15) is 9.59 Å². The molecule has 0 aliphatic carbocycles. The molecule has 6 heteroatoms. The molecule has 19 heavy (non-hydrogen) atoms. The Hall–Kier alpha value is -1.14. The predicted octanol–water partition coefficient (Wildman–Crippen LogP) is 0.420. The van der Waals surface area contributed by atoms with E-state index in [-0.39, 0.29) is 24.7 Å². The normalized spacial score (nSPS) is 18.2. The summed E-state index contributed by atoms with van der Waals surface area (Å²) < 4.78 is 5.48. The summed E-state index contributed by atoms with van der Waals surface area (Å²) in [5.41, 5.74) is -0.323. The third-order valence-corrected chi connectivity index (χ3v) is 2.93. The second-order valence-electron chi connectivity index (χ2n) is 5.81. The van der Waals surface area contributed by atoms with Gasteiger partial charge in [0.25, 0.3) is 0 Å². The highest BCUT2D eigenvalue weighted by molar-refractivity contribution is 5.77. The van der Waals surface area contributed by atoms with Crippen LogP contribution in [0, 0.1) is 0 Å². The van der Waals surface area contributed by atoms with Crippen LogP contribution in [-0.4, -0.2) is 71.7 Å². The molecule has 1 amide bonds. The van der Waals surface area contributed by atoms with Crippen LogP contribution in [0.4, 0.5) is 0 Å². The summed E-state index contributed by atoms with van der Waals surface area (Å²) in [5, 5.41) is 8.76. The first-order chi connectivity index (χ1) is 8.78. The fourth-order valence-corrected chi connectivity index (χ4v) is 1.94. The quantitative estimate of drug-likeness (QED) is 0.803. The Kier molecular flexibility index (Phi) is 5.75. The van der Waals surface area contributed by atoms with E-state index in [0.29, 0.717) is 19.6 Å². The summed E-state index contributed by atoms with van der Waals surface area (Å²) in [6.45, 7) is 8.43. The fourth-order valence-electron chi connectivity index (χ4n) is 1.94. The Labute approximate surface area is 114 Å². The van der Waals surface area contributed by atoms with Gasteiger partial charge in [-0.3, -0.25) is 14.5 Å². The molecular weight excluding hydrogens is 248 g/mol. The highest BCUT2D eigenvalue weighted by Gasteiger charge is 2.21. The van der Waals surface area contributed by atoms with Crippen molar-refractivity contribution < 1.29 is 19.4 Å². The molecule has 0 aromatic heterocycles. The molecule has 1 heterocycles. The first kappa shape index (κ1) is 15.9. The van der Waals surface area contributed by atoms with E-state index < -0.39 is 5.97 Å². The monoisotopic (exact) mass is 272 g/mol. The van der Waals surface area contributed by atoms with E-state index in [1.807, 2.05) is 25.7 Å². The zero-order valence-corrected chi connectivity index (χ0v) is 12.0. The topological polar surface area (TPSA) is 70.1 Å². The molecule has 6 nitrogen and oxygen atoms in total. The summed E-state index contributed by atoms with van der Waals surface area (Å²) in [4.78, 5) is 26.3. The molecule has 0 unspecified atom stereocenters. The zero-order valence-electron chi connectivity index (χ0n) is 12.0. The van der Waals surface area contributed by atoms with Crippen molar-refractivity contribution in [2.24, 2.45) is 0 Å². The van der Waals surface area contributed by atoms with Gasteiger partial charge in [-0.2, -0.15) is 0 Å². The molecule has 110 valence electrons. The van der Waals surface area contributed by atoms with Gasteiger partial charge < -0.3 is 14.7 Å². The van der Waals surface area contributed by atoms with Gasteiger partial charge in [-0.05, 0) is 27.2 Å². The van der Waals surface area contributed by atoms with Gasteiger partial charge in [-0.25, -0.2) is 0 Å². The summed E-state index contributed by atoms with van der Waals surface area (Å²) in [7, 11) is 0. The van der Waals surface area contributed by atoms with Crippen molar-refractivity contribution in [1.82, 2.24) is 9.80 Å². The number of carbonyl (C=O) groups is 2. The van der Waals surface area contributed by atoms with E-state index in [0.717, 1.165) is 13.0 Å². The maximum absolute atomic E-state index is 12.0. The van der Waals surface area contributed by atoms with Crippen LogP contribution in [0.25, 0.3) is 0 Å². The Bertz CT molecular complexity index is 325. The average molecular weight is 272 g/mol. The van der Waals surface area contributed by atoms with Gasteiger partial charge in [0.05, 0.1) is 12.1 Å². The van der Waals surface area contributed by atoms with Crippen LogP contribution < -0.4 is 0 Å². The molecule has 0 bridgehead atoms. The average Bonchev–Trinajstić information content (AvgIpc) is 2.50. The van der Waals surface area contributed by atoms with Gasteiger partial charge in [-0.1, -0.05) is 0 Å². The Morgan fingerprint density at radius 2 is 1.84 bits per heavy atom. The van der Waals surface area contributed by atoms with E-state index in [1.54, 1.807) is 4.90 Å². The van der Waals surface area contributed by atoms with Crippen molar-refractivity contribution in [3.63, 3.8) is 0 Å². The first-order valence-corrected chi connectivity index (χ1v) is 6.64. The molecule has 0 aromatic rings.